The quantitative estimate of drug-likeness (QED) is 0.213. The number of Topliss-reactive ketones (excluding diaryl/α,β-unsaturated/α-hetero) is 1. The summed E-state index contributed by atoms with van der Waals surface area (Å²) in [6.07, 6.45) is -1.43. The van der Waals surface area contributed by atoms with Gasteiger partial charge in [0.2, 0.25) is 0 Å². The number of nitrogens with one attached hydrogen (secondary N) is 1. The molecule has 1 rings (SSSR count). The van der Waals surface area contributed by atoms with Gasteiger partial charge in [-0.15, -0.1) is 0 Å². The minimum atomic E-state index is -3.05. The first-order valence-electron chi connectivity index (χ1n) is 4.25. The Balaban J connectivity index is 2.71. The predicted molar refractivity (Wildman–Crippen MR) is 48.3 cm³/mol. The van der Waals surface area contributed by atoms with Crippen LogP contribution >= 0.6 is 0 Å². The molecule has 9 nitrogen and oxygen atoms in total. The van der Waals surface area contributed by atoms with Crippen molar-refractivity contribution in [3.05, 3.63) is 0 Å². The van der Waals surface area contributed by atoms with E-state index in [4.69, 9.17) is 21.1 Å². The molecule has 0 spiro atoms. The van der Waals surface area contributed by atoms with Crippen molar-refractivity contribution < 1.29 is 30.0 Å². The topological polar surface area (TPSA) is 165 Å². The molecule has 1 unspecified atom stereocenters. The molecule has 16 heavy (non-hydrogen) atoms. The molecule has 0 saturated carbocycles. The average molecular weight is 233 g/mol. The molecule has 1 aliphatic heterocycles. The molecule has 0 bridgehead atoms. The Morgan fingerprint density at radius 2 is 2.06 bits per heavy atom. The lowest BCUT2D eigenvalue weighted by Gasteiger charge is -2.17. The van der Waals surface area contributed by atoms with Crippen LogP contribution in [0.1, 0.15) is 12.8 Å². The van der Waals surface area contributed by atoms with Crippen LogP contribution in [-0.4, -0.2) is 49.8 Å². The van der Waals surface area contributed by atoms with Crippen LogP contribution in [0, 0.1) is 0 Å². The molecule has 90 valence electrons. The summed E-state index contributed by atoms with van der Waals surface area (Å²) in [5.74, 6) is -5.68. The SMILES string of the molecule is NC1=NC(O)(C(=O)CCC(O)(O)O)C(=O)N1. The lowest BCUT2D eigenvalue weighted by molar-refractivity contribution is -0.314. The van der Waals surface area contributed by atoms with Crippen LogP contribution in [0.2, 0.25) is 0 Å². The van der Waals surface area contributed by atoms with E-state index in [1.165, 1.54) is 0 Å². The molecule has 0 aromatic rings. The Labute approximate surface area is 89.2 Å². The Morgan fingerprint density at radius 3 is 2.44 bits per heavy atom. The molecule has 1 atom stereocenters. The molecule has 1 heterocycles. The second-order valence-electron chi connectivity index (χ2n) is 3.32. The first-order valence-corrected chi connectivity index (χ1v) is 4.25. The van der Waals surface area contributed by atoms with E-state index in [1.54, 1.807) is 0 Å². The maximum atomic E-state index is 11.4. The van der Waals surface area contributed by atoms with Gasteiger partial charge in [0.1, 0.15) is 0 Å². The summed E-state index contributed by atoms with van der Waals surface area (Å²) in [6, 6.07) is 0. The van der Waals surface area contributed by atoms with Crippen molar-refractivity contribution in [2.24, 2.45) is 10.7 Å². The fourth-order valence-electron chi connectivity index (χ4n) is 1.10. The second-order valence-corrected chi connectivity index (χ2v) is 3.32. The van der Waals surface area contributed by atoms with Gasteiger partial charge in [0.15, 0.2) is 11.7 Å². The van der Waals surface area contributed by atoms with Gasteiger partial charge in [0.25, 0.3) is 17.6 Å². The third-order valence-electron chi connectivity index (χ3n) is 1.92. The number of hydrogen-bond donors (Lipinski definition) is 6. The van der Waals surface area contributed by atoms with Gasteiger partial charge in [-0.05, 0) is 0 Å². The molecule has 0 aromatic carbocycles. The number of rotatable bonds is 4. The van der Waals surface area contributed by atoms with E-state index in [2.05, 4.69) is 4.99 Å². The molecule has 1 amide bonds. The second kappa shape index (κ2) is 3.79. The van der Waals surface area contributed by atoms with Crippen molar-refractivity contribution in [2.75, 3.05) is 0 Å². The van der Waals surface area contributed by atoms with E-state index in [1.807, 2.05) is 5.32 Å². The zero-order valence-electron chi connectivity index (χ0n) is 8.04. The number of carbonyl (C=O) groups is 2. The fraction of sp³-hybridized carbons (Fsp3) is 0.571. The molecule has 0 aromatic heterocycles. The number of carbonyl (C=O) groups excluding carboxylic acids is 2. The lowest BCUT2D eigenvalue weighted by Crippen LogP contribution is -2.47. The summed E-state index contributed by atoms with van der Waals surface area (Å²) in [5.41, 5.74) is 2.42. The number of nitrogens with two attached hydrogens (primary N) is 1. The summed E-state index contributed by atoms with van der Waals surface area (Å²) in [4.78, 5) is 25.7. The standard InChI is InChI=1S/C7H11N3O6/c8-5-9-4(12)7(16,10-5)3(11)1-2-6(13,14)15/h13-16H,1-2H2,(H3,8,9,10,12). The van der Waals surface area contributed by atoms with Gasteiger partial charge in [0.05, 0.1) is 0 Å². The Kier molecular flexibility index (Phi) is 2.97. The van der Waals surface area contributed by atoms with Gasteiger partial charge in [-0.25, -0.2) is 4.99 Å². The highest BCUT2D eigenvalue weighted by molar-refractivity contribution is 6.18. The van der Waals surface area contributed by atoms with Crippen LogP contribution in [0.3, 0.4) is 0 Å². The van der Waals surface area contributed by atoms with Crippen molar-refractivity contribution in [2.45, 2.75) is 24.5 Å². The van der Waals surface area contributed by atoms with Crippen LogP contribution in [0.15, 0.2) is 4.99 Å². The third-order valence-corrected chi connectivity index (χ3v) is 1.92. The number of hydrogen-bond acceptors (Lipinski definition) is 8. The molecule has 0 saturated heterocycles. The van der Waals surface area contributed by atoms with Crippen LogP contribution < -0.4 is 11.1 Å². The molecular weight excluding hydrogens is 222 g/mol. The van der Waals surface area contributed by atoms with E-state index < -0.39 is 42.2 Å². The summed E-state index contributed by atoms with van der Waals surface area (Å²) >= 11 is 0. The first-order chi connectivity index (χ1) is 7.15. The van der Waals surface area contributed by atoms with Gasteiger partial charge in [-0.2, -0.15) is 0 Å². The number of amides is 1. The first kappa shape index (κ1) is 12.5. The molecule has 1 aliphatic rings. The molecule has 0 radical (unpaired) electrons. The van der Waals surface area contributed by atoms with Crippen molar-refractivity contribution in [1.82, 2.24) is 5.32 Å². The average Bonchev–Trinajstić information content (AvgIpc) is 2.36. The zero-order chi connectivity index (χ0) is 12.6. The van der Waals surface area contributed by atoms with Crippen molar-refractivity contribution >= 4 is 17.6 Å². The smallest absolute Gasteiger partial charge is 0.300 e. The minimum Gasteiger partial charge on any atom is -0.370 e. The van der Waals surface area contributed by atoms with Crippen LogP contribution in [0.5, 0.6) is 0 Å². The number of nitrogens with zero attached hydrogens (tertiary/aromatic N) is 1. The molecule has 0 aliphatic carbocycles. The van der Waals surface area contributed by atoms with Crippen molar-refractivity contribution in [3.63, 3.8) is 0 Å². The number of aliphatic imine (C=N–C) groups is 1. The van der Waals surface area contributed by atoms with E-state index in [-0.39, 0.29) is 0 Å². The molecule has 9 heteroatoms. The highest BCUT2D eigenvalue weighted by Crippen LogP contribution is 2.18. The number of aliphatic hydroxyl groups is 4. The van der Waals surface area contributed by atoms with Gasteiger partial charge < -0.3 is 26.2 Å². The minimum absolute atomic E-state index is 0.413. The predicted octanol–water partition coefficient (Wildman–Crippen LogP) is -3.90. The third kappa shape index (κ3) is 2.52. The van der Waals surface area contributed by atoms with E-state index in [9.17, 15) is 14.7 Å². The summed E-state index contributed by atoms with van der Waals surface area (Å²) in [7, 11) is 0. The van der Waals surface area contributed by atoms with Crippen LogP contribution in [0.4, 0.5) is 0 Å². The van der Waals surface area contributed by atoms with Crippen LogP contribution in [0.25, 0.3) is 0 Å². The van der Waals surface area contributed by atoms with E-state index in [0.29, 0.717) is 0 Å². The monoisotopic (exact) mass is 233 g/mol. The van der Waals surface area contributed by atoms with Gasteiger partial charge in [0, 0.05) is 12.8 Å². The van der Waals surface area contributed by atoms with Crippen molar-refractivity contribution in [1.29, 1.82) is 0 Å². The largest absolute Gasteiger partial charge is 0.370 e. The van der Waals surface area contributed by atoms with Gasteiger partial charge in [-0.3, -0.25) is 14.9 Å². The van der Waals surface area contributed by atoms with E-state index in [0.717, 1.165) is 0 Å². The Bertz CT molecular complexity index is 360. The normalized spacial score (nSPS) is 25.2. The molecule has 0 fully saturated rings. The summed E-state index contributed by atoms with van der Waals surface area (Å²) in [5, 5.41) is 37.0. The number of ketones is 1. The maximum Gasteiger partial charge on any atom is 0.300 e. The van der Waals surface area contributed by atoms with Gasteiger partial charge in [-0.1, -0.05) is 0 Å². The highest BCUT2D eigenvalue weighted by Gasteiger charge is 2.48. The Morgan fingerprint density at radius 1 is 1.50 bits per heavy atom. The molecule has 7 N–H and O–H groups in total. The summed E-state index contributed by atoms with van der Waals surface area (Å²) < 4.78 is 0. The summed E-state index contributed by atoms with van der Waals surface area (Å²) in [6.45, 7) is 0. The zero-order valence-corrected chi connectivity index (χ0v) is 8.04. The maximum absolute atomic E-state index is 11.4. The van der Waals surface area contributed by atoms with Crippen molar-refractivity contribution in [3.8, 4) is 0 Å². The van der Waals surface area contributed by atoms with E-state index >= 15 is 0 Å². The lowest BCUT2D eigenvalue weighted by atomic mass is 10.0. The van der Waals surface area contributed by atoms with Crippen LogP contribution in [-0.2, 0) is 9.59 Å². The molecular formula is C7H11N3O6. The number of guanidine groups is 1. The highest BCUT2D eigenvalue weighted by atomic mass is 16.7. The Hall–Kier alpha value is -1.55. The van der Waals surface area contributed by atoms with Gasteiger partial charge >= 0.3 is 0 Å². The fourth-order valence-corrected chi connectivity index (χ4v) is 1.10.